The van der Waals surface area contributed by atoms with E-state index in [0.29, 0.717) is 11.1 Å². The number of hydrogen-bond donors (Lipinski definition) is 0. The van der Waals surface area contributed by atoms with Gasteiger partial charge in [0, 0.05) is 12.0 Å². The predicted molar refractivity (Wildman–Crippen MR) is 81.0 cm³/mol. The van der Waals surface area contributed by atoms with Gasteiger partial charge >= 0.3 is 5.97 Å². The van der Waals surface area contributed by atoms with E-state index >= 15 is 0 Å². The highest BCUT2D eigenvalue weighted by Crippen LogP contribution is 2.43. The molecule has 0 heterocycles. The van der Waals surface area contributed by atoms with E-state index in [2.05, 4.69) is 6.58 Å². The number of hydrogen-bond acceptors (Lipinski definition) is 2. The molecule has 104 valence electrons. The van der Waals surface area contributed by atoms with Crippen LogP contribution in [0.3, 0.4) is 0 Å². The van der Waals surface area contributed by atoms with Gasteiger partial charge in [0.05, 0.1) is 31.7 Å². The molecule has 0 amide bonds. The van der Waals surface area contributed by atoms with Gasteiger partial charge in [-0.2, -0.15) is 0 Å². The molecule has 7 heteroatoms. The molecule has 2 nitrogen and oxygen atoms in total. The smallest absolute Gasteiger partial charge is 0.333 e. The van der Waals surface area contributed by atoms with Crippen LogP contribution in [0.1, 0.15) is 12.5 Å². The molecule has 1 aromatic carbocycles. The molecule has 0 N–H and O–H groups in total. The van der Waals surface area contributed by atoms with Gasteiger partial charge in [-0.05, 0) is 12.5 Å². The van der Waals surface area contributed by atoms with E-state index in [9.17, 15) is 4.79 Å². The summed E-state index contributed by atoms with van der Waals surface area (Å²) in [5.41, 5.74) is 0.793. The molecular weight excluding hydrogens is 353 g/mol. The number of benzene rings is 1. The Balaban J connectivity index is 2.91. The molecule has 0 aliphatic carbocycles. The van der Waals surface area contributed by atoms with Crippen molar-refractivity contribution in [2.45, 2.75) is 13.3 Å². The van der Waals surface area contributed by atoms with Crippen LogP contribution in [0, 0.1) is 0 Å². The van der Waals surface area contributed by atoms with Crippen LogP contribution in [-0.4, -0.2) is 12.6 Å². The van der Waals surface area contributed by atoms with Crippen molar-refractivity contribution in [2.75, 3.05) is 6.61 Å². The first-order chi connectivity index (χ1) is 8.77. The van der Waals surface area contributed by atoms with E-state index in [0.717, 1.165) is 0 Å². The van der Waals surface area contributed by atoms with Gasteiger partial charge in [-0.3, -0.25) is 0 Å². The average Bonchev–Trinajstić information content (AvgIpc) is 2.37. The average molecular weight is 362 g/mol. The zero-order valence-electron chi connectivity index (χ0n) is 9.83. The maximum absolute atomic E-state index is 11.2. The SMILES string of the molecule is C=C(C)C(=O)OCCc1c(Cl)c(Cl)c(Cl)c(Cl)c1Cl. The number of carbonyl (C=O) groups excluding carboxylic acids is 1. The molecule has 1 aromatic rings. The van der Waals surface area contributed by atoms with Crippen LogP contribution in [0.15, 0.2) is 12.2 Å². The van der Waals surface area contributed by atoms with Crippen molar-refractivity contribution in [3.63, 3.8) is 0 Å². The summed E-state index contributed by atoms with van der Waals surface area (Å²) >= 11 is 29.8. The summed E-state index contributed by atoms with van der Waals surface area (Å²) in [5, 5.41) is 0.749. The second-order valence-electron chi connectivity index (χ2n) is 3.71. The zero-order valence-corrected chi connectivity index (χ0v) is 13.6. The van der Waals surface area contributed by atoms with Crippen molar-refractivity contribution in [3.05, 3.63) is 42.8 Å². The lowest BCUT2D eigenvalue weighted by Gasteiger charge is -2.12. The van der Waals surface area contributed by atoms with E-state index in [4.69, 9.17) is 62.7 Å². The summed E-state index contributed by atoms with van der Waals surface area (Å²) in [7, 11) is 0. The molecule has 0 aromatic heterocycles. The first-order valence-corrected chi connectivity index (χ1v) is 6.99. The Morgan fingerprint density at radius 3 is 1.84 bits per heavy atom. The Labute approximate surface area is 136 Å². The Hall–Kier alpha value is -0.120. The van der Waals surface area contributed by atoms with Crippen LogP contribution in [0.25, 0.3) is 0 Å². The Morgan fingerprint density at radius 1 is 1.00 bits per heavy atom. The normalized spacial score (nSPS) is 10.4. The summed E-state index contributed by atoms with van der Waals surface area (Å²) in [5.74, 6) is -0.488. The highest BCUT2D eigenvalue weighted by atomic mass is 35.5. The fourth-order valence-electron chi connectivity index (χ4n) is 1.24. The van der Waals surface area contributed by atoms with E-state index in [-0.39, 0.29) is 38.1 Å². The third-order valence-electron chi connectivity index (χ3n) is 2.23. The lowest BCUT2D eigenvalue weighted by atomic mass is 10.1. The molecule has 0 saturated heterocycles. The standard InChI is InChI=1S/C12H9Cl5O2/c1-5(2)12(18)19-4-3-6-7(13)9(15)11(17)10(16)8(6)14/h1,3-4H2,2H3. The van der Waals surface area contributed by atoms with E-state index in [1.165, 1.54) is 0 Å². The number of halogens is 5. The minimum Gasteiger partial charge on any atom is -0.462 e. The minimum atomic E-state index is -0.488. The topological polar surface area (TPSA) is 26.3 Å². The molecule has 0 saturated carbocycles. The lowest BCUT2D eigenvalue weighted by Crippen LogP contribution is -2.08. The summed E-state index contributed by atoms with van der Waals surface area (Å²) < 4.78 is 4.95. The molecule has 19 heavy (non-hydrogen) atoms. The van der Waals surface area contributed by atoms with Crippen LogP contribution < -0.4 is 0 Å². The quantitative estimate of drug-likeness (QED) is 0.301. The van der Waals surface area contributed by atoms with Crippen molar-refractivity contribution in [1.29, 1.82) is 0 Å². The molecule has 0 fully saturated rings. The summed E-state index contributed by atoms with van der Waals surface area (Å²) in [6, 6.07) is 0. The summed E-state index contributed by atoms with van der Waals surface area (Å²) in [6.07, 6.45) is 0.271. The van der Waals surface area contributed by atoms with Gasteiger partial charge in [0.25, 0.3) is 0 Å². The van der Waals surface area contributed by atoms with Gasteiger partial charge in [-0.15, -0.1) is 0 Å². The maximum atomic E-state index is 11.2. The molecule has 0 aliphatic heterocycles. The number of rotatable bonds is 4. The predicted octanol–water partition coefficient (Wildman–Crippen LogP) is 5.62. The monoisotopic (exact) mass is 360 g/mol. The first kappa shape index (κ1) is 16.9. The van der Waals surface area contributed by atoms with Crippen LogP contribution in [-0.2, 0) is 16.0 Å². The van der Waals surface area contributed by atoms with Crippen LogP contribution in [0.4, 0.5) is 0 Å². The van der Waals surface area contributed by atoms with Gasteiger partial charge in [0.1, 0.15) is 0 Å². The lowest BCUT2D eigenvalue weighted by molar-refractivity contribution is -0.138. The van der Waals surface area contributed by atoms with Gasteiger partial charge in [-0.25, -0.2) is 4.79 Å². The third-order valence-corrected chi connectivity index (χ3v) is 4.59. The molecule has 0 bridgehead atoms. The van der Waals surface area contributed by atoms with Crippen LogP contribution in [0.2, 0.25) is 25.1 Å². The molecule has 0 spiro atoms. The Morgan fingerprint density at radius 2 is 1.42 bits per heavy atom. The maximum Gasteiger partial charge on any atom is 0.333 e. The van der Waals surface area contributed by atoms with Gasteiger partial charge < -0.3 is 4.74 Å². The van der Waals surface area contributed by atoms with Crippen molar-refractivity contribution < 1.29 is 9.53 Å². The Kier molecular flexibility index (Phi) is 6.28. The molecule has 1 rings (SSSR count). The van der Waals surface area contributed by atoms with Crippen LogP contribution in [0.5, 0.6) is 0 Å². The van der Waals surface area contributed by atoms with Gasteiger partial charge in [-0.1, -0.05) is 64.6 Å². The molecule has 0 aliphatic rings. The van der Waals surface area contributed by atoms with Crippen molar-refractivity contribution in [2.24, 2.45) is 0 Å². The fraction of sp³-hybridized carbons (Fsp3) is 0.250. The number of ether oxygens (including phenoxy) is 1. The van der Waals surface area contributed by atoms with Crippen molar-refractivity contribution in [1.82, 2.24) is 0 Å². The molecule has 0 atom stereocenters. The largest absolute Gasteiger partial charge is 0.462 e. The van der Waals surface area contributed by atoms with Crippen LogP contribution >= 0.6 is 58.0 Å². The molecule has 0 unspecified atom stereocenters. The number of esters is 1. The summed E-state index contributed by atoms with van der Waals surface area (Å²) in [6.45, 7) is 5.11. The Bertz CT molecular complexity index is 510. The zero-order chi connectivity index (χ0) is 14.7. The van der Waals surface area contributed by atoms with E-state index < -0.39 is 5.97 Å². The van der Waals surface area contributed by atoms with Crippen molar-refractivity contribution >= 4 is 64.0 Å². The van der Waals surface area contributed by atoms with Gasteiger partial charge in [0.2, 0.25) is 0 Å². The second-order valence-corrected chi connectivity index (χ2v) is 5.60. The van der Waals surface area contributed by atoms with Gasteiger partial charge in [0.15, 0.2) is 0 Å². The highest BCUT2D eigenvalue weighted by Gasteiger charge is 2.19. The summed E-state index contributed by atoms with van der Waals surface area (Å²) in [4.78, 5) is 11.2. The molecular formula is C12H9Cl5O2. The third kappa shape index (κ3) is 3.93. The number of carbonyl (C=O) groups is 1. The first-order valence-electron chi connectivity index (χ1n) is 5.10. The fourth-order valence-corrected chi connectivity index (χ4v) is 2.61. The minimum absolute atomic E-state index is 0.0828. The highest BCUT2D eigenvalue weighted by molar-refractivity contribution is 6.55. The van der Waals surface area contributed by atoms with Crippen molar-refractivity contribution in [3.8, 4) is 0 Å². The van der Waals surface area contributed by atoms with E-state index in [1.807, 2.05) is 0 Å². The second kappa shape index (κ2) is 7.05. The van der Waals surface area contributed by atoms with E-state index in [1.54, 1.807) is 6.92 Å². The molecule has 0 radical (unpaired) electrons.